The Morgan fingerprint density at radius 1 is 1.26 bits per heavy atom. The van der Waals surface area contributed by atoms with E-state index < -0.39 is 5.97 Å². The highest BCUT2D eigenvalue weighted by Gasteiger charge is 2.15. The van der Waals surface area contributed by atoms with Crippen LogP contribution in [0.2, 0.25) is 0 Å². The van der Waals surface area contributed by atoms with E-state index in [1.54, 1.807) is 17.0 Å². The maximum absolute atomic E-state index is 12.0. The van der Waals surface area contributed by atoms with Gasteiger partial charge in [-0.2, -0.15) is 0 Å². The van der Waals surface area contributed by atoms with Gasteiger partial charge in [-0.25, -0.2) is 9.59 Å². The molecule has 0 aliphatic carbocycles. The Labute approximate surface area is 111 Å². The van der Waals surface area contributed by atoms with E-state index in [2.05, 4.69) is 10.6 Å². The molecule has 1 fully saturated rings. The second-order valence-electron chi connectivity index (χ2n) is 4.41. The van der Waals surface area contributed by atoms with Crippen molar-refractivity contribution in [1.82, 2.24) is 10.2 Å². The van der Waals surface area contributed by atoms with Crippen LogP contribution < -0.4 is 10.6 Å². The van der Waals surface area contributed by atoms with Gasteiger partial charge in [0.2, 0.25) is 0 Å². The monoisotopic (exact) mass is 263 g/mol. The maximum atomic E-state index is 12.0. The number of benzene rings is 1. The lowest BCUT2D eigenvalue weighted by Crippen LogP contribution is -2.37. The van der Waals surface area contributed by atoms with Crippen molar-refractivity contribution in [3.8, 4) is 0 Å². The first-order chi connectivity index (χ1) is 9.16. The number of anilines is 1. The summed E-state index contributed by atoms with van der Waals surface area (Å²) in [6, 6.07) is 6.05. The molecular weight excluding hydrogens is 246 g/mol. The van der Waals surface area contributed by atoms with E-state index in [1.807, 2.05) is 0 Å². The highest BCUT2D eigenvalue weighted by Crippen LogP contribution is 2.11. The molecule has 3 N–H and O–H groups in total. The summed E-state index contributed by atoms with van der Waals surface area (Å²) < 4.78 is 0. The minimum Gasteiger partial charge on any atom is -0.478 e. The van der Waals surface area contributed by atoms with Crippen LogP contribution in [0.4, 0.5) is 10.5 Å². The van der Waals surface area contributed by atoms with Gasteiger partial charge < -0.3 is 20.6 Å². The van der Waals surface area contributed by atoms with Crippen LogP contribution in [-0.2, 0) is 0 Å². The molecule has 0 bridgehead atoms. The zero-order valence-electron chi connectivity index (χ0n) is 10.6. The van der Waals surface area contributed by atoms with Crippen LogP contribution in [0, 0.1) is 0 Å². The molecule has 0 aromatic heterocycles. The zero-order chi connectivity index (χ0) is 13.7. The Kier molecular flexibility index (Phi) is 4.35. The van der Waals surface area contributed by atoms with Gasteiger partial charge in [0, 0.05) is 25.3 Å². The van der Waals surface area contributed by atoms with E-state index in [9.17, 15) is 9.59 Å². The molecule has 2 rings (SSSR count). The van der Waals surface area contributed by atoms with E-state index in [0.717, 1.165) is 19.5 Å². The van der Waals surface area contributed by atoms with E-state index >= 15 is 0 Å². The van der Waals surface area contributed by atoms with E-state index in [4.69, 9.17) is 5.11 Å². The van der Waals surface area contributed by atoms with Crippen LogP contribution in [0.25, 0.3) is 0 Å². The smallest absolute Gasteiger partial charge is 0.335 e. The van der Waals surface area contributed by atoms with Crippen molar-refractivity contribution in [2.45, 2.75) is 6.42 Å². The average molecular weight is 263 g/mol. The van der Waals surface area contributed by atoms with Gasteiger partial charge in [-0.05, 0) is 31.2 Å². The molecule has 19 heavy (non-hydrogen) atoms. The standard InChI is InChI=1S/C13H17N3O3/c17-12(18)10-3-1-4-11(9-10)15-13(19)16-7-2-5-14-6-8-16/h1,3-4,9,14H,2,5-8H2,(H,15,19)(H,17,18). The Morgan fingerprint density at radius 2 is 2.11 bits per heavy atom. The van der Waals surface area contributed by atoms with Gasteiger partial charge in [0.25, 0.3) is 0 Å². The number of urea groups is 1. The fourth-order valence-corrected chi connectivity index (χ4v) is 1.98. The maximum Gasteiger partial charge on any atom is 0.335 e. The molecule has 1 saturated heterocycles. The normalized spacial score (nSPS) is 15.7. The quantitative estimate of drug-likeness (QED) is 0.749. The second-order valence-corrected chi connectivity index (χ2v) is 4.41. The molecule has 1 aliphatic heterocycles. The molecule has 1 heterocycles. The molecule has 1 aromatic rings. The first-order valence-electron chi connectivity index (χ1n) is 6.27. The molecule has 102 valence electrons. The summed E-state index contributed by atoms with van der Waals surface area (Å²) in [6.45, 7) is 3.06. The Morgan fingerprint density at radius 3 is 2.89 bits per heavy atom. The van der Waals surface area contributed by atoms with Gasteiger partial charge in [0.15, 0.2) is 0 Å². The fraction of sp³-hybridized carbons (Fsp3) is 0.385. The van der Waals surface area contributed by atoms with E-state index in [0.29, 0.717) is 18.8 Å². The summed E-state index contributed by atoms with van der Waals surface area (Å²) in [6.07, 6.45) is 0.919. The molecule has 0 atom stereocenters. The van der Waals surface area contributed by atoms with Crippen LogP contribution in [0.1, 0.15) is 16.8 Å². The molecule has 0 saturated carbocycles. The number of amides is 2. The largest absolute Gasteiger partial charge is 0.478 e. The first kappa shape index (κ1) is 13.4. The summed E-state index contributed by atoms with van der Waals surface area (Å²) in [5, 5.41) is 14.8. The Balaban J connectivity index is 2.01. The highest BCUT2D eigenvalue weighted by molar-refractivity contribution is 5.93. The summed E-state index contributed by atoms with van der Waals surface area (Å²) in [5.74, 6) is -1.00. The van der Waals surface area contributed by atoms with E-state index in [-0.39, 0.29) is 11.6 Å². The van der Waals surface area contributed by atoms with Crippen LogP contribution in [0.3, 0.4) is 0 Å². The lowest BCUT2D eigenvalue weighted by molar-refractivity contribution is 0.0697. The number of hydrogen-bond acceptors (Lipinski definition) is 3. The van der Waals surface area contributed by atoms with Gasteiger partial charge in [0.05, 0.1) is 5.56 Å². The fourth-order valence-electron chi connectivity index (χ4n) is 1.98. The minimum absolute atomic E-state index is 0.162. The SMILES string of the molecule is O=C(O)c1cccc(NC(=O)N2CCCNCC2)c1. The molecule has 0 unspecified atom stereocenters. The van der Waals surface area contributed by atoms with Crippen molar-refractivity contribution in [2.24, 2.45) is 0 Å². The lowest BCUT2D eigenvalue weighted by Gasteiger charge is -2.20. The topological polar surface area (TPSA) is 81.7 Å². The van der Waals surface area contributed by atoms with Gasteiger partial charge >= 0.3 is 12.0 Å². The van der Waals surface area contributed by atoms with Crippen molar-refractivity contribution < 1.29 is 14.7 Å². The molecule has 0 spiro atoms. The van der Waals surface area contributed by atoms with Gasteiger partial charge in [-0.15, -0.1) is 0 Å². The van der Waals surface area contributed by atoms with Crippen LogP contribution >= 0.6 is 0 Å². The summed E-state index contributed by atoms with van der Waals surface area (Å²) in [5.41, 5.74) is 0.664. The number of carboxylic acid groups (broad SMARTS) is 1. The number of hydrogen-bond donors (Lipinski definition) is 3. The molecule has 2 amide bonds. The number of carbonyl (C=O) groups excluding carboxylic acids is 1. The average Bonchev–Trinajstić information content (AvgIpc) is 2.68. The third kappa shape index (κ3) is 3.69. The number of carbonyl (C=O) groups is 2. The zero-order valence-corrected chi connectivity index (χ0v) is 10.6. The Hall–Kier alpha value is -2.08. The summed E-state index contributed by atoms with van der Waals surface area (Å²) in [7, 11) is 0. The lowest BCUT2D eigenvalue weighted by atomic mass is 10.2. The minimum atomic E-state index is -1.00. The number of carboxylic acids is 1. The third-order valence-electron chi connectivity index (χ3n) is 2.99. The van der Waals surface area contributed by atoms with Gasteiger partial charge in [-0.1, -0.05) is 6.07 Å². The number of rotatable bonds is 2. The molecule has 6 heteroatoms. The van der Waals surface area contributed by atoms with Crippen LogP contribution in [-0.4, -0.2) is 48.2 Å². The van der Waals surface area contributed by atoms with Crippen LogP contribution in [0.15, 0.2) is 24.3 Å². The van der Waals surface area contributed by atoms with Gasteiger partial charge in [0.1, 0.15) is 0 Å². The van der Waals surface area contributed by atoms with Gasteiger partial charge in [-0.3, -0.25) is 0 Å². The van der Waals surface area contributed by atoms with Crippen molar-refractivity contribution in [3.63, 3.8) is 0 Å². The van der Waals surface area contributed by atoms with Crippen molar-refractivity contribution in [2.75, 3.05) is 31.5 Å². The molecular formula is C13H17N3O3. The predicted molar refractivity (Wildman–Crippen MR) is 71.5 cm³/mol. The molecule has 1 aliphatic rings. The van der Waals surface area contributed by atoms with Crippen molar-refractivity contribution in [1.29, 1.82) is 0 Å². The van der Waals surface area contributed by atoms with E-state index in [1.165, 1.54) is 12.1 Å². The van der Waals surface area contributed by atoms with Crippen molar-refractivity contribution >= 4 is 17.7 Å². The van der Waals surface area contributed by atoms with Crippen LogP contribution in [0.5, 0.6) is 0 Å². The molecule has 0 radical (unpaired) electrons. The number of nitrogens with one attached hydrogen (secondary N) is 2. The number of nitrogens with zero attached hydrogens (tertiary/aromatic N) is 1. The van der Waals surface area contributed by atoms with Crippen molar-refractivity contribution in [3.05, 3.63) is 29.8 Å². The second kappa shape index (κ2) is 6.19. The molecule has 1 aromatic carbocycles. The summed E-state index contributed by atoms with van der Waals surface area (Å²) >= 11 is 0. The Bertz CT molecular complexity index is 468. The molecule has 6 nitrogen and oxygen atoms in total. The first-order valence-corrected chi connectivity index (χ1v) is 6.27. The predicted octanol–water partition coefficient (Wildman–Crippen LogP) is 1.21. The third-order valence-corrected chi connectivity index (χ3v) is 2.99. The highest BCUT2D eigenvalue weighted by atomic mass is 16.4. The number of aromatic carboxylic acids is 1. The summed E-state index contributed by atoms with van der Waals surface area (Å²) in [4.78, 5) is 24.6.